The van der Waals surface area contributed by atoms with Gasteiger partial charge in [0.25, 0.3) is 0 Å². The Morgan fingerprint density at radius 3 is 2.39 bits per heavy atom. The lowest BCUT2D eigenvalue weighted by atomic mass is 9.65. The molecule has 0 amide bonds. The molecule has 6 heteroatoms. The van der Waals surface area contributed by atoms with Crippen LogP contribution in [0.3, 0.4) is 0 Å². The van der Waals surface area contributed by atoms with Gasteiger partial charge in [-0.15, -0.1) is 0 Å². The third kappa shape index (κ3) is 2.57. The van der Waals surface area contributed by atoms with E-state index in [1.807, 2.05) is 0 Å². The second-order valence-electron chi connectivity index (χ2n) is 5.95. The van der Waals surface area contributed by atoms with Gasteiger partial charge in [0.15, 0.2) is 0 Å². The highest BCUT2D eigenvalue weighted by molar-refractivity contribution is 7.90. The molecule has 2 atom stereocenters. The summed E-state index contributed by atoms with van der Waals surface area (Å²) in [5.74, 6) is 0. The summed E-state index contributed by atoms with van der Waals surface area (Å²) in [6.07, 6.45) is 2.33. The number of hydrogen-bond donors (Lipinski definition) is 2. The molecule has 2 N–H and O–H groups in total. The fraction of sp³-hybridized carbons (Fsp3) is 1.00. The molecule has 0 bridgehead atoms. The zero-order valence-electron chi connectivity index (χ0n) is 11.4. The van der Waals surface area contributed by atoms with Gasteiger partial charge in [-0.05, 0) is 32.4 Å². The molecule has 5 nitrogen and oxygen atoms in total. The Bertz CT molecular complexity index is 388. The van der Waals surface area contributed by atoms with Gasteiger partial charge in [0.2, 0.25) is 10.0 Å². The molecule has 1 saturated carbocycles. The maximum Gasteiger partial charge on any atom is 0.214 e. The van der Waals surface area contributed by atoms with Gasteiger partial charge < -0.3 is 10.1 Å². The van der Waals surface area contributed by atoms with Crippen molar-refractivity contribution >= 4 is 10.0 Å². The Kier molecular flexibility index (Phi) is 4.02. The minimum atomic E-state index is -3.19. The first-order valence-electron chi connectivity index (χ1n) is 6.62. The van der Waals surface area contributed by atoms with E-state index in [-0.39, 0.29) is 22.8 Å². The summed E-state index contributed by atoms with van der Waals surface area (Å²) in [7, 11) is -1.51. The first-order chi connectivity index (χ1) is 8.38. The highest BCUT2D eigenvalue weighted by Gasteiger charge is 2.50. The lowest BCUT2D eigenvalue weighted by Gasteiger charge is -2.51. The zero-order chi connectivity index (χ0) is 13.4. The summed E-state index contributed by atoms with van der Waals surface area (Å²) in [6, 6.07) is 0.00216. The average Bonchev–Trinajstić information content (AvgIpc) is 2.35. The van der Waals surface area contributed by atoms with Crippen LogP contribution < -0.4 is 10.0 Å². The maximum atomic E-state index is 12.3. The second kappa shape index (κ2) is 5.07. The van der Waals surface area contributed by atoms with E-state index in [1.54, 1.807) is 7.11 Å². The Hall–Kier alpha value is -0.170. The average molecular weight is 276 g/mol. The molecule has 106 valence electrons. The number of sulfonamides is 1. The Morgan fingerprint density at radius 1 is 1.28 bits per heavy atom. The summed E-state index contributed by atoms with van der Waals surface area (Å²) in [6.45, 7) is 5.70. The SMILES string of the molecule is COC1CC(NS(=O)(=O)C2CCNCC2)C1(C)C. The molecular weight excluding hydrogens is 252 g/mol. The van der Waals surface area contributed by atoms with E-state index < -0.39 is 10.0 Å². The van der Waals surface area contributed by atoms with E-state index in [1.165, 1.54) is 0 Å². The number of rotatable bonds is 4. The molecule has 2 fully saturated rings. The molecule has 0 aromatic carbocycles. The van der Waals surface area contributed by atoms with Crippen LogP contribution in [0.15, 0.2) is 0 Å². The molecule has 1 saturated heterocycles. The molecule has 0 spiro atoms. The standard InChI is InChI=1S/C12H24N2O3S/c1-12(2)10(8-11(12)17-3)14-18(15,16)9-4-6-13-7-5-9/h9-11,13-14H,4-8H2,1-3H3. The fourth-order valence-electron chi connectivity index (χ4n) is 2.89. The van der Waals surface area contributed by atoms with E-state index in [0.717, 1.165) is 19.5 Å². The van der Waals surface area contributed by atoms with E-state index in [2.05, 4.69) is 23.9 Å². The molecule has 1 aliphatic heterocycles. The van der Waals surface area contributed by atoms with Crippen LogP contribution in [-0.4, -0.2) is 46.0 Å². The number of nitrogens with one attached hydrogen (secondary N) is 2. The van der Waals surface area contributed by atoms with E-state index in [4.69, 9.17) is 4.74 Å². The Balaban J connectivity index is 1.97. The molecule has 2 aliphatic rings. The summed E-state index contributed by atoms with van der Waals surface area (Å²) >= 11 is 0. The lowest BCUT2D eigenvalue weighted by molar-refractivity contribution is -0.0909. The van der Waals surface area contributed by atoms with Crippen molar-refractivity contribution in [2.45, 2.75) is 50.5 Å². The first kappa shape index (κ1) is 14.2. The van der Waals surface area contributed by atoms with Crippen molar-refractivity contribution in [1.82, 2.24) is 10.0 Å². The van der Waals surface area contributed by atoms with Crippen LogP contribution >= 0.6 is 0 Å². The molecule has 2 unspecified atom stereocenters. The number of ether oxygens (including phenoxy) is 1. The normalized spacial score (nSPS) is 33.1. The smallest absolute Gasteiger partial charge is 0.214 e. The second-order valence-corrected chi connectivity index (χ2v) is 7.94. The van der Waals surface area contributed by atoms with Crippen molar-refractivity contribution in [3.8, 4) is 0 Å². The van der Waals surface area contributed by atoms with Gasteiger partial charge in [0.1, 0.15) is 0 Å². The van der Waals surface area contributed by atoms with Crippen LogP contribution in [0, 0.1) is 5.41 Å². The Labute approximate surface area is 110 Å². The van der Waals surface area contributed by atoms with Crippen LogP contribution in [0.25, 0.3) is 0 Å². The van der Waals surface area contributed by atoms with Gasteiger partial charge in [-0.2, -0.15) is 0 Å². The van der Waals surface area contributed by atoms with E-state index in [0.29, 0.717) is 12.8 Å². The highest BCUT2D eigenvalue weighted by Crippen LogP contribution is 2.43. The van der Waals surface area contributed by atoms with Crippen LogP contribution in [-0.2, 0) is 14.8 Å². The highest BCUT2D eigenvalue weighted by atomic mass is 32.2. The van der Waals surface area contributed by atoms with Gasteiger partial charge in [-0.3, -0.25) is 0 Å². The minimum Gasteiger partial charge on any atom is -0.381 e. The van der Waals surface area contributed by atoms with Crippen molar-refractivity contribution in [3.63, 3.8) is 0 Å². The van der Waals surface area contributed by atoms with Gasteiger partial charge in [0.05, 0.1) is 11.4 Å². The Morgan fingerprint density at radius 2 is 1.89 bits per heavy atom. The van der Waals surface area contributed by atoms with Crippen LogP contribution in [0.5, 0.6) is 0 Å². The minimum absolute atomic E-state index is 0.00216. The lowest BCUT2D eigenvalue weighted by Crippen LogP contribution is -2.62. The largest absolute Gasteiger partial charge is 0.381 e. The van der Waals surface area contributed by atoms with Crippen LogP contribution in [0.4, 0.5) is 0 Å². The molecule has 0 radical (unpaired) electrons. The van der Waals surface area contributed by atoms with E-state index in [9.17, 15) is 8.42 Å². The molecule has 18 heavy (non-hydrogen) atoms. The van der Waals surface area contributed by atoms with Crippen molar-refractivity contribution in [2.75, 3.05) is 20.2 Å². The number of methoxy groups -OCH3 is 1. The van der Waals surface area contributed by atoms with Crippen molar-refractivity contribution in [3.05, 3.63) is 0 Å². The molecule has 1 heterocycles. The van der Waals surface area contributed by atoms with E-state index >= 15 is 0 Å². The van der Waals surface area contributed by atoms with Crippen molar-refractivity contribution in [1.29, 1.82) is 0 Å². The van der Waals surface area contributed by atoms with Gasteiger partial charge >= 0.3 is 0 Å². The number of hydrogen-bond acceptors (Lipinski definition) is 4. The van der Waals surface area contributed by atoms with Crippen molar-refractivity contribution in [2.24, 2.45) is 5.41 Å². The number of piperidine rings is 1. The van der Waals surface area contributed by atoms with Gasteiger partial charge in [-0.1, -0.05) is 13.8 Å². The molecular formula is C12H24N2O3S. The molecule has 0 aromatic heterocycles. The van der Waals surface area contributed by atoms with Gasteiger partial charge in [0, 0.05) is 18.6 Å². The predicted octanol–water partition coefficient (Wildman–Crippen LogP) is 0.471. The summed E-state index contributed by atoms with van der Waals surface area (Å²) in [5.41, 5.74) is -0.116. The van der Waals surface area contributed by atoms with Crippen LogP contribution in [0.2, 0.25) is 0 Å². The third-order valence-electron chi connectivity index (χ3n) is 4.49. The zero-order valence-corrected chi connectivity index (χ0v) is 12.2. The summed E-state index contributed by atoms with van der Waals surface area (Å²) in [4.78, 5) is 0. The monoisotopic (exact) mass is 276 g/mol. The first-order valence-corrected chi connectivity index (χ1v) is 8.17. The molecule has 0 aromatic rings. The maximum absolute atomic E-state index is 12.3. The fourth-order valence-corrected chi connectivity index (χ4v) is 4.73. The van der Waals surface area contributed by atoms with Crippen molar-refractivity contribution < 1.29 is 13.2 Å². The quantitative estimate of drug-likeness (QED) is 0.783. The molecule has 2 rings (SSSR count). The summed E-state index contributed by atoms with van der Waals surface area (Å²) in [5, 5.41) is 2.95. The van der Waals surface area contributed by atoms with Crippen LogP contribution in [0.1, 0.15) is 33.1 Å². The predicted molar refractivity (Wildman–Crippen MR) is 70.9 cm³/mol. The van der Waals surface area contributed by atoms with Gasteiger partial charge in [-0.25, -0.2) is 13.1 Å². The summed E-state index contributed by atoms with van der Waals surface area (Å²) < 4.78 is 32.8. The molecule has 1 aliphatic carbocycles. The third-order valence-corrected chi connectivity index (χ3v) is 6.46. The topological polar surface area (TPSA) is 67.4 Å².